The van der Waals surface area contributed by atoms with Gasteiger partial charge in [0, 0.05) is 72.1 Å². The van der Waals surface area contributed by atoms with Gasteiger partial charge in [-0.2, -0.15) is 5.10 Å². The lowest BCUT2D eigenvalue weighted by molar-refractivity contribution is -0.144. The topological polar surface area (TPSA) is 267 Å². The van der Waals surface area contributed by atoms with E-state index in [4.69, 9.17) is 4.74 Å². The predicted octanol–water partition coefficient (Wildman–Crippen LogP) is 6.70. The number of methoxy groups -OCH3 is 1. The van der Waals surface area contributed by atoms with Gasteiger partial charge < -0.3 is 51.1 Å². The molecule has 5 amide bonds. The van der Waals surface area contributed by atoms with Gasteiger partial charge in [0.25, 0.3) is 5.91 Å². The molecule has 4 atom stereocenters. The standard InChI is InChI=1S/C57H73N15O7S/c1-35(37-19-21-38(22-20-37)51-36(2)61-34-80-51)62-54(76)44-29-40(73)32-72(44)56(78)52(57(3,4)5)65-47(74)17-12-10-9-11-13-18-48(75)71-27-25-70(26-28-71)39-23-24-45(59-31-39)64-46-30-43(49(67-66-46)55(77)58-6)63-42-16-14-15-41(50(42)79-8)53-60-33-69(7)68-53/h14-16,19-24,30-31,33-35,40,44,52,73H,9-13,17-18,25-29,32H2,1-8H3,(H,58,77)(H,62,76)(H,65,74)(H2,59,63,64,66)/t35-,40+,44-,52+/m0/s1. The maximum atomic E-state index is 14.2. The number of likely N-dealkylation sites (tertiary alicyclic amines) is 1. The van der Waals surface area contributed by atoms with Crippen LogP contribution in [0, 0.1) is 12.3 Å². The van der Waals surface area contributed by atoms with Gasteiger partial charge in [-0.25, -0.2) is 15.0 Å². The second-order valence-electron chi connectivity index (χ2n) is 21.4. The number of anilines is 5. The number of thiazole rings is 1. The number of carbonyl (C=O) groups is 5. The molecule has 6 aromatic rings. The molecule has 0 aliphatic carbocycles. The lowest BCUT2D eigenvalue weighted by atomic mass is 9.85. The van der Waals surface area contributed by atoms with Crippen LogP contribution < -0.4 is 36.2 Å². The van der Waals surface area contributed by atoms with Crippen LogP contribution in [0.1, 0.15) is 107 Å². The summed E-state index contributed by atoms with van der Waals surface area (Å²) in [4.78, 5) is 87.2. The van der Waals surface area contributed by atoms with Gasteiger partial charge in [0.2, 0.25) is 23.6 Å². The van der Waals surface area contributed by atoms with Gasteiger partial charge in [-0.15, -0.1) is 21.5 Å². The maximum absolute atomic E-state index is 14.2. The predicted molar refractivity (Wildman–Crippen MR) is 307 cm³/mol. The number of piperazine rings is 1. The minimum Gasteiger partial charge on any atom is -0.494 e. The number of aliphatic hydroxyl groups excluding tert-OH is 1. The van der Waals surface area contributed by atoms with E-state index in [1.165, 1.54) is 11.9 Å². The first-order valence-corrected chi connectivity index (χ1v) is 28.0. The average molecular weight is 1110 g/mol. The Balaban J connectivity index is 0.739. The number of aromatic nitrogens is 7. The van der Waals surface area contributed by atoms with E-state index in [2.05, 4.69) is 61.7 Å². The zero-order valence-corrected chi connectivity index (χ0v) is 47.6. The van der Waals surface area contributed by atoms with Crippen molar-refractivity contribution in [2.24, 2.45) is 12.5 Å². The maximum Gasteiger partial charge on any atom is 0.273 e. The van der Waals surface area contributed by atoms with Gasteiger partial charge in [-0.1, -0.05) is 70.4 Å². The van der Waals surface area contributed by atoms with E-state index in [9.17, 15) is 29.1 Å². The van der Waals surface area contributed by atoms with Crippen molar-refractivity contribution in [3.63, 3.8) is 0 Å². The summed E-state index contributed by atoms with van der Waals surface area (Å²) in [6.45, 7) is 12.0. The number of hydrogen-bond donors (Lipinski definition) is 6. The molecule has 0 spiro atoms. The molecule has 2 aliphatic heterocycles. The number of carbonyl (C=O) groups excluding carboxylic acids is 5. The van der Waals surface area contributed by atoms with Crippen molar-refractivity contribution in [1.82, 2.24) is 60.7 Å². The number of pyridine rings is 1. The number of amides is 5. The van der Waals surface area contributed by atoms with Crippen molar-refractivity contribution in [3.8, 4) is 27.6 Å². The highest BCUT2D eigenvalue weighted by atomic mass is 32.1. The summed E-state index contributed by atoms with van der Waals surface area (Å²) in [6.07, 6.45) is 7.21. The summed E-state index contributed by atoms with van der Waals surface area (Å²) in [5.41, 5.74) is 6.68. The monoisotopic (exact) mass is 1110 g/mol. The average Bonchev–Trinajstić information content (AvgIpc) is 4.22. The largest absolute Gasteiger partial charge is 0.494 e. The van der Waals surface area contributed by atoms with E-state index in [1.54, 1.807) is 48.8 Å². The molecule has 0 bridgehead atoms. The Morgan fingerprint density at radius 1 is 0.850 bits per heavy atom. The van der Waals surface area contributed by atoms with Gasteiger partial charge in [0.15, 0.2) is 23.1 Å². The Bertz CT molecular complexity index is 3120. The van der Waals surface area contributed by atoms with Crippen LogP contribution in [0.15, 0.2) is 78.7 Å². The van der Waals surface area contributed by atoms with Crippen LogP contribution >= 0.6 is 11.3 Å². The highest BCUT2D eigenvalue weighted by Gasteiger charge is 2.44. The highest BCUT2D eigenvalue weighted by Crippen LogP contribution is 2.38. The zero-order chi connectivity index (χ0) is 57.1. The molecule has 6 heterocycles. The number of ether oxygens (including phenoxy) is 1. The number of β-amino-alcohol motifs (C(OH)–C–C–N with tert-alkyl or cyclic N) is 1. The number of aryl methyl sites for hydroxylation is 2. The molecule has 0 unspecified atom stereocenters. The minimum absolute atomic E-state index is 0.00181. The number of rotatable bonds is 22. The lowest BCUT2D eigenvalue weighted by Gasteiger charge is -2.36. The normalized spacial score (nSPS) is 16.2. The first-order valence-electron chi connectivity index (χ1n) is 27.1. The van der Waals surface area contributed by atoms with E-state index in [0.29, 0.717) is 79.2 Å². The molecule has 80 heavy (non-hydrogen) atoms. The number of nitrogens with zero attached hydrogens (tertiary/aromatic N) is 10. The van der Waals surface area contributed by atoms with Gasteiger partial charge >= 0.3 is 0 Å². The smallest absolute Gasteiger partial charge is 0.273 e. The number of benzene rings is 2. The second-order valence-corrected chi connectivity index (χ2v) is 22.2. The summed E-state index contributed by atoms with van der Waals surface area (Å²) in [7, 11) is 4.85. The van der Waals surface area contributed by atoms with Crippen molar-refractivity contribution >= 4 is 69.6 Å². The fourth-order valence-corrected chi connectivity index (χ4v) is 10.8. The van der Waals surface area contributed by atoms with Gasteiger partial charge in [0.1, 0.15) is 24.2 Å². The minimum atomic E-state index is -0.898. The molecule has 23 heteroatoms. The fourth-order valence-electron chi connectivity index (χ4n) is 9.96. The van der Waals surface area contributed by atoms with Crippen LogP contribution in [0.4, 0.5) is 28.7 Å². The van der Waals surface area contributed by atoms with Crippen LogP contribution in [-0.4, -0.2) is 144 Å². The van der Waals surface area contributed by atoms with Gasteiger partial charge in [-0.3, -0.25) is 28.7 Å². The summed E-state index contributed by atoms with van der Waals surface area (Å²) in [5.74, 6) is 0.539. The van der Waals surface area contributed by atoms with Crippen molar-refractivity contribution in [1.29, 1.82) is 0 Å². The van der Waals surface area contributed by atoms with Crippen LogP contribution in [0.5, 0.6) is 5.75 Å². The molecule has 2 saturated heterocycles. The van der Waals surface area contributed by atoms with Crippen molar-refractivity contribution in [2.75, 3.05) is 62.4 Å². The number of unbranched alkanes of at least 4 members (excludes halogenated alkanes) is 4. The van der Waals surface area contributed by atoms with E-state index >= 15 is 0 Å². The van der Waals surface area contributed by atoms with E-state index in [0.717, 1.165) is 53.1 Å². The van der Waals surface area contributed by atoms with E-state index in [-0.39, 0.29) is 48.8 Å². The third-order valence-corrected chi connectivity index (χ3v) is 15.4. The molecule has 0 radical (unpaired) electrons. The summed E-state index contributed by atoms with van der Waals surface area (Å²) in [6, 6.07) is 16.8. The Morgan fingerprint density at radius 2 is 1.59 bits per heavy atom. The zero-order valence-electron chi connectivity index (χ0n) is 46.8. The Kier molecular flexibility index (Phi) is 19.1. The lowest BCUT2D eigenvalue weighted by Crippen LogP contribution is -2.57. The number of hydrogen-bond acceptors (Lipinski definition) is 17. The van der Waals surface area contributed by atoms with Crippen molar-refractivity contribution in [3.05, 3.63) is 95.6 Å². The fraction of sp³-hybridized carbons (Fsp3) is 0.456. The molecule has 6 N–H and O–H groups in total. The third kappa shape index (κ3) is 14.4. The van der Waals surface area contributed by atoms with Gasteiger partial charge in [0.05, 0.1) is 64.2 Å². The van der Waals surface area contributed by atoms with Crippen molar-refractivity contribution in [2.45, 2.75) is 110 Å². The summed E-state index contributed by atoms with van der Waals surface area (Å²) < 4.78 is 7.37. The molecular formula is C57H73N15O7S. The van der Waals surface area contributed by atoms with Crippen LogP contribution in [-0.2, 0) is 26.2 Å². The van der Waals surface area contributed by atoms with Gasteiger partial charge in [-0.05, 0) is 67.5 Å². The quantitative estimate of drug-likeness (QED) is 0.0386. The third-order valence-electron chi connectivity index (χ3n) is 14.4. The number of para-hydroxylation sites is 1. The first-order chi connectivity index (χ1) is 38.4. The van der Waals surface area contributed by atoms with Crippen molar-refractivity contribution < 1.29 is 33.8 Å². The molecule has 4 aromatic heterocycles. The highest BCUT2D eigenvalue weighted by molar-refractivity contribution is 7.13. The molecule has 424 valence electrons. The molecule has 22 nitrogen and oxygen atoms in total. The summed E-state index contributed by atoms with van der Waals surface area (Å²) in [5, 5.41) is 38.7. The van der Waals surface area contributed by atoms with E-state index in [1.807, 2.05) is 99.6 Å². The Labute approximate surface area is 470 Å². The Morgan fingerprint density at radius 3 is 2.24 bits per heavy atom. The Hall–Kier alpha value is -8.05. The molecular weight excluding hydrogens is 1040 g/mol. The van der Waals surface area contributed by atoms with E-state index < -0.39 is 35.4 Å². The molecule has 2 fully saturated rings. The number of aliphatic hydroxyl groups is 1. The molecule has 2 aromatic carbocycles. The molecule has 2 aliphatic rings. The molecule has 8 rings (SSSR count). The van der Waals surface area contributed by atoms with Crippen LogP contribution in [0.3, 0.4) is 0 Å². The van der Waals surface area contributed by atoms with Crippen LogP contribution in [0.25, 0.3) is 21.8 Å². The second kappa shape index (κ2) is 26.3. The first kappa shape index (κ1) is 58.1. The van der Waals surface area contributed by atoms with Crippen LogP contribution in [0.2, 0.25) is 0 Å². The summed E-state index contributed by atoms with van der Waals surface area (Å²) >= 11 is 1.58. The number of nitrogens with one attached hydrogen (secondary N) is 5. The SMILES string of the molecule is CNC(=O)c1nnc(Nc2ccc(N3CCN(C(=O)CCCCCCCC(=O)N[C@H](C(=O)N4C[C@H](O)C[C@H]4C(=O)N[C@@H](C)c4ccc(-c5scnc5C)cc4)C(C)(C)C)CC3)cn2)cc1Nc1cccc(-c2ncn(C)n2)c1OC. The molecule has 0 saturated carbocycles.